The van der Waals surface area contributed by atoms with Crippen LogP contribution in [-0.4, -0.2) is 8.42 Å². The molecule has 0 spiro atoms. The zero-order valence-corrected chi connectivity index (χ0v) is 11.5. The molecule has 20 heavy (non-hydrogen) atoms. The molecule has 0 unspecified atom stereocenters. The summed E-state index contributed by atoms with van der Waals surface area (Å²) in [6.45, 7) is 0.155. The monoisotopic (exact) mass is 294 g/mol. The van der Waals surface area contributed by atoms with Crippen LogP contribution in [0, 0.1) is 5.82 Å². The number of halogens is 1. The van der Waals surface area contributed by atoms with Crippen LogP contribution < -0.4 is 10.5 Å². The highest BCUT2D eigenvalue weighted by molar-refractivity contribution is 7.88. The summed E-state index contributed by atoms with van der Waals surface area (Å²) in [4.78, 5) is 0. The molecule has 3 N–H and O–H groups in total. The first-order valence-electron chi connectivity index (χ1n) is 6.01. The van der Waals surface area contributed by atoms with Gasteiger partial charge in [-0.2, -0.15) is 0 Å². The van der Waals surface area contributed by atoms with Gasteiger partial charge in [0.2, 0.25) is 10.0 Å². The molecule has 0 saturated carbocycles. The van der Waals surface area contributed by atoms with E-state index in [4.69, 9.17) is 5.73 Å². The van der Waals surface area contributed by atoms with Gasteiger partial charge in [-0.1, -0.05) is 24.3 Å². The van der Waals surface area contributed by atoms with Gasteiger partial charge < -0.3 is 5.73 Å². The molecule has 0 atom stereocenters. The van der Waals surface area contributed by atoms with Crippen molar-refractivity contribution in [1.29, 1.82) is 0 Å². The Morgan fingerprint density at radius 1 is 1.05 bits per heavy atom. The van der Waals surface area contributed by atoms with Gasteiger partial charge in [-0.05, 0) is 35.4 Å². The second-order valence-corrected chi connectivity index (χ2v) is 6.26. The summed E-state index contributed by atoms with van der Waals surface area (Å²) in [5, 5.41) is 0. The van der Waals surface area contributed by atoms with Crippen LogP contribution in [0.15, 0.2) is 48.5 Å². The molecule has 6 heteroatoms. The summed E-state index contributed by atoms with van der Waals surface area (Å²) < 4.78 is 39.3. The van der Waals surface area contributed by atoms with E-state index in [1.807, 2.05) is 0 Å². The maximum Gasteiger partial charge on any atom is 0.216 e. The Labute approximate surface area is 117 Å². The molecule has 0 aromatic heterocycles. The Bertz CT molecular complexity index is 702. The van der Waals surface area contributed by atoms with Crippen LogP contribution in [-0.2, 0) is 22.3 Å². The number of hydrogen-bond acceptors (Lipinski definition) is 3. The number of nitrogens with two attached hydrogens (primary N) is 1. The van der Waals surface area contributed by atoms with E-state index in [0.29, 0.717) is 11.3 Å². The fourth-order valence-corrected chi connectivity index (χ4v) is 2.90. The standard InChI is InChI=1S/C14H15FN2O2S/c15-13-5-1-4-12(7-13)10-20(18,19)17-9-11-3-2-6-14(16)8-11/h1-8,17H,9-10,16H2. The maximum absolute atomic E-state index is 13.0. The van der Waals surface area contributed by atoms with Crippen molar-refractivity contribution >= 4 is 15.7 Å². The van der Waals surface area contributed by atoms with Crippen molar-refractivity contribution in [2.24, 2.45) is 0 Å². The molecule has 0 aliphatic rings. The van der Waals surface area contributed by atoms with Crippen molar-refractivity contribution in [1.82, 2.24) is 4.72 Å². The second kappa shape index (κ2) is 6.02. The van der Waals surface area contributed by atoms with Crippen LogP contribution in [0.4, 0.5) is 10.1 Å². The quantitative estimate of drug-likeness (QED) is 0.829. The van der Waals surface area contributed by atoms with Crippen molar-refractivity contribution in [3.05, 3.63) is 65.5 Å². The van der Waals surface area contributed by atoms with Crippen LogP contribution in [0.1, 0.15) is 11.1 Å². The Morgan fingerprint density at radius 3 is 2.45 bits per heavy atom. The SMILES string of the molecule is Nc1cccc(CNS(=O)(=O)Cc2cccc(F)c2)c1. The average molecular weight is 294 g/mol. The number of nitrogens with one attached hydrogen (secondary N) is 1. The van der Waals surface area contributed by atoms with Gasteiger partial charge in [0, 0.05) is 12.2 Å². The summed E-state index contributed by atoms with van der Waals surface area (Å²) in [6, 6.07) is 12.5. The van der Waals surface area contributed by atoms with Crippen LogP contribution in [0.5, 0.6) is 0 Å². The fraction of sp³-hybridized carbons (Fsp3) is 0.143. The first kappa shape index (κ1) is 14.5. The number of benzene rings is 2. The molecule has 0 saturated heterocycles. The summed E-state index contributed by atoms with van der Waals surface area (Å²) in [5.41, 5.74) is 7.37. The smallest absolute Gasteiger partial charge is 0.216 e. The predicted molar refractivity (Wildman–Crippen MR) is 76.7 cm³/mol. The molecule has 106 valence electrons. The van der Waals surface area contributed by atoms with E-state index in [1.165, 1.54) is 18.2 Å². The van der Waals surface area contributed by atoms with Gasteiger partial charge >= 0.3 is 0 Å². The van der Waals surface area contributed by atoms with Crippen LogP contribution >= 0.6 is 0 Å². The topological polar surface area (TPSA) is 72.2 Å². The molecule has 0 aliphatic carbocycles. The third kappa shape index (κ3) is 4.32. The van der Waals surface area contributed by atoms with Gasteiger partial charge in [-0.25, -0.2) is 17.5 Å². The number of anilines is 1. The first-order chi connectivity index (χ1) is 9.44. The predicted octanol–water partition coefficient (Wildman–Crippen LogP) is 2.03. The van der Waals surface area contributed by atoms with Crippen LogP contribution in [0.2, 0.25) is 0 Å². The molecule has 2 aromatic carbocycles. The molecule has 0 heterocycles. The van der Waals surface area contributed by atoms with Gasteiger partial charge in [-0.3, -0.25) is 0 Å². The molecule has 4 nitrogen and oxygen atoms in total. The van der Waals surface area contributed by atoms with Gasteiger partial charge in [0.1, 0.15) is 5.82 Å². The number of rotatable bonds is 5. The molecule has 0 aliphatic heterocycles. The lowest BCUT2D eigenvalue weighted by Crippen LogP contribution is -2.24. The lowest BCUT2D eigenvalue weighted by Gasteiger charge is -2.07. The zero-order valence-electron chi connectivity index (χ0n) is 10.7. The Morgan fingerprint density at radius 2 is 1.75 bits per heavy atom. The van der Waals surface area contributed by atoms with E-state index in [-0.39, 0.29) is 12.3 Å². The molecule has 0 radical (unpaired) electrons. The zero-order chi connectivity index (χ0) is 14.6. The Kier molecular flexibility index (Phi) is 4.36. The van der Waals surface area contributed by atoms with Crippen LogP contribution in [0.3, 0.4) is 0 Å². The number of hydrogen-bond donors (Lipinski definition) is 2. The average Bonchev–Trinajstić information content (AvgIpc) is 2.36. The first-order valence-corrected chi connectivity index (χ1v) is 7.66. The van der Waals surface area contributed by atoms with Crippen molar-refractivity contribution in [3.8, 4) is 0 Å². The lowest BCUT2D eigenvalue weighted by molar-refractivity contribution is 0.580. The van der Waals surface area contributed by atoms with Crippen molar-refractivity contribution in [2.75, 3.05) is 5.73 Å². The van der Waals surface area contributed by atoms with E-state index in [2.05, 4.69) is 4.72 Å². The maximum atomic E-state index is 13.0. The molecule has 0 fully saturated rings. The van der Waals surface area contributed by atoms with E-state index < -0.39 is 15.8 Å². The number of sulfonamides is 1. The van der Waals surface area contributed by atoms with Gasteiger partial charge in [-0.15, -0.1) is 0 Å². The molecule has 2 aromatic rings. The van der Waals surface area contributed by atoms with E-state index in [0.717, 1.165) is 5.56 Å². The van der Waals surface area contributed by atoms with Crippen molar-refractivity contribution in [3.63, 3.8) is 0 Å². The summed E-state index contributed by atoms with van der Waals surface area (Å²) in [6.07, 6.45) is 0. The summed E-state index contributed by atoms with van der Waals surface area (Å²) in [5.74, 6) is -0.707. The van der Waals surface area contributed by atoms with Gasteiger partial charge in [0.25, 0.3) is 0 Å². The van der Waals surface area contributed by atoms with E-state index >= 15 is 0 Å². The lowest BCUT2D eigenvalue weighted by atomic mass is 10.2. The molecule has 0 amide bonds. The largest absolute Gasteiger partial charge is 0.399 e. The van der Waals surface area contributed by atoms with Crippen LogP contribution in [0.25, 0.3) is 0 Å². The summed E-state index contributed by atoms with van der Waals surface area (Å²) in [7, 11) is -3.52. The van der Waals surface area contributed by atoms with Gasteiger partial charge in [0.15, 0.2) is 0 Å². The minimum atomic E-state index is -3.52. The Hall–Kier alpha value is -1.92. The third-order valence-corrected chi connectivity index (χ3v) is 3.99. The third-order valence-electron chi connectivity index (χ3n) is 2.69. The van der Waals surface area contributed by atoms with E-state index in [1.54, 1.807) is 30.3 Å². The molecular weight excluding hydrogens is 279 g/mol. The van der Waals surface area contributed by atoms with E-state index in [9.17, 15) is 12.8 Å². The number of nitrogen functional groups attached to an aromatic ring is 1. The van der Waals surface area contributed by atoms with Crippen molar-refractivity contribution < 1.29 is 12.8 Å². The summed E-state index contributed by atoms with van der Waals surface area (Å²) >= 11 is 0. The fourth-order valence-electron chi connectivity index (χ4n) is 1.79. The minimum Gasteiger partial charge on any atom is -0.399 e. The highest BCUT2D eigenvalue weighted by Crippen LogP contribution is 2.09. The molecule has 0 bridgehead atoms. The molecular formula is C14H15FN2O2S. The minimum absolute atomic E-state index is 0.155. The highest BCUT2D eigenvalue weighted by Gasteiger charge is 2.11. The van der Waals surface area contributed by atoms with Gasteiger partial charge in [0.05, 0.1) is 5.75 Å². The second-order valence-electron chi connectivity index (χ2n) is 4.46. The molecule has 2 rings (SSSR count). The van der Waals surface area contributed by atoms with Crippen molar-refractivity contribution in [2.45, 2.75) is 12.3 Å². The Balaban J connectivity index is 2.01. The normalized spacial score (nSPS) is 11.4. The highest BCUT2D eigenvalue weighted by atomic mass is 32.2.